The number of hydrazine groups is 1. The summed E-state index contributed by atoms with van der Waals surface area (Å²) in [7, 11) is 0. The molecule has 1 saturated heterocycles. The number of carbonyl (C=O) groups excluding carboxylic acids is 2. The molecule has 1 fully saturated rings. The molecule has 1 aliphatic heterocycles. The normalized spacial score (nSPS) is 16.2. The Labute approximate surface area is 146 Å². The molecule has 2 N–H and O–H groups in total. The fourth-order valence-corrected chi connectivity index (χ4v) is 3.30. The first-order valence-electron chi connectivity index (χ1n) is 6.52. The zero-order valence-electron chi connectivity index (χ0n) is 11.6. The van der Waals surface area contributed by atoms with Crippen molar-refractivity contribution < 1.29 is 9.59 Å². The number of halogens is 1. The lowest BCUT2D eigenvalue weighted by atomic mass is 10.2. The van der Waals surface area contributed by atoms with Crippen LogP contribution < -0.4 is 5.43 Å². The van der Waals surface area contributed by atoms with Crippen molar-refractivity contribution in [2.75, 3.05) is 0 Å². The summed E-state index contributed by atoms with van der Waals surface area (Å²) in [6.07, 6.45) is 3.44. The van der Waals surface area contributed by atoms with Crippen LogP contribution in [-0.2, 0) is 4.79 Å². The molecule has 2 amide bonds. The van der Waals surface area contributed by atoms with Gasteiger partial charge in [-0.25, -0.2) is 0 Å². The number of benzene rings is 1. The zero-order valence-corrected chi connectivity index (χ0v) is 14.0. The number of H-pyrrole nitrogens is 1. The van der Waals surface area contributed by atoms with Gasteiger partial charge in [0.05, 0.1) is 4.91 Å². The van der Waals surface area contributed by atoms with Crippen molar-refractivity contribution in [3.05, 3.63) is 63.8 Å². The molecule has 0 aliphatic carbocycles. The number of thioether (sulfide) groups is 1. The van der Waals surface area contributed by atoms with Crippen LogP contribution in [0.2, 0.25) is 5.02 Å². The number of thiocarbonyl (C=S) groups is 1. The Morgan fingerprint density at radius 1 is 1.35 bits per heavy atom. The maximum Gasteiger partial charge on any atom is 0.285 e. The van der Waals surface area contributed by atoms with Gasteiger partial charge in [0.25, 0.3) is 11.8 Å². The van der Waals surface area contributed by atoms with Gasteiger partial charge in [-0.2, -0.15) is 5.01 Å². The minimum atomic E-state index is -0.454. The van der Waals surface area contributed by atoms with Gasteiger partial charge in [0, 0.05) is 22.5 Å². The van der Waals surface area contributed by atoms with Crippen molar-refractivity contribution in [2.45, 2.75) is 0 Å². The molecule has 5 nitrogen and oxygen atoms in total. The smallest absolute Gasteiger partial charge is 0.285 e. The Hall–Kier alpha value is -2.09. The van der Waals surface area contributed by atoms with E-state index in [2.05, 4.69) is 10.4 Å². The van der Waals surface area contributed by atoms with E-state index >= 15 is 0 Å². The first kappa shape index (κ1) is 15.8. The largest absolute Gasteiger partial charge is 0.362 e. The fourth-order valence-electron chi connectivity index (χ4n) is 1.94. The van der Waals surface area contributed by atoms with E-state index in [9.17, 15) is 9.59 Å². The van der Waals surface area contributed by atoms with E-state index in [1.807, 2.05) is 12.1 Å². The van der Waals surface area contributed by atoms with E-state index < -0.39 is 5.91 Å². The highest BCUT2D eigenvalue weighted by Gasteiger charge is 2.33. The molecule has 0 spiro atoms. The summed E-state index contributed by atoms with van der Waals surface area (Å²) in [6, 6.07) is 10.1. The zero-order chi connectivity index (χ0) is 16.4. The topological polar surface area (TPSA) is 65.2 Å². The third-order valence-corrected chi connectivity index (χ3v) is 4.54. The Balaban J connectivity index is 1.77. The molecule has 23 heavy (non-hydrogen) atoms. The number of amides is 2. The van der Waals surface area contributed by atoms with Crippen LogP contribution in [0.4, 0.5) is 0 Å². The lowest BCUT2D eigenvalue weighted by Gasteiger charge is -2.15. The highest BCUT2D eigenvalue weighted by Crippen LogP contribution is 2.31. The van der Waals surface area contributed by atoms with Crippen molar-refractivity contribution in [1.29, 1.82) is 0 Å². The third kappa shape index (κ3) is 3.47. The number of nitrogens with one attached hydrogen (secondary N) is 2. The number of nitrogens with zero attached hydrogens (tertiary/aromatic N) is 1. The minimum Gasteiger partial charge on any atom is -0.362 e. The molecule has 0 atom stereocenters. The molecule has 1 aromatic heterocycles. The minimum absolute atomic E-state index is 0.267. The molecule has 0 bridgehead atoms. The standard InChI is InChI=1S/C15H10ClN3O2S2/c16-10-4-1-3-9(7-10)13(20)18-19-14(21)12(23-15(19)22)8-11-5-2-6-17-11/h1-8,17H,(H,18,20)/b12-8-. The van der Waals surface area contributed by atoms with Crippen LogP contribution in [0.25, 0.3) is 6.08 Å². The van der Waals surface area contributed by atoms with Gasteiger partial charge in [0.1, 0.15) is 0 Å². The highest BCUT2D eigenvalue weighted by molar-refractivity contribution is 8.26. The predicted molar refractivity (Wildman–Crippen MR) is 94.7 cm³/mol. The average molecular weight is 364 g/mol. The molecule has 116 valence electrons. The number of aromatic amines is 1. The van der Waals surface area contributed by atoms with E-state index in [4.69, 9.17) is 23.8 Å². The van der Waals surface area contributed by atoms with Gasteiger partial charge in [0.15, 0.2) is 4.32 Å². The second-order valence-corrected chi connectivity index (χ2v) is 6.71. The summed E-state index contributed by atoms with van der Waals surface area (Å²) in [4.78, 5) is 28.0. The van der Waals surface area contributed by atoms with Crippen molar-refractivity contribution in [1.82, 2.24) is 15.4 Å². The quantitative estimate of drug-likeness (QED) is 0.649. The van der Waals surface area contributed by atoms with Gasteiger partial charge < -0.3 is 4.98 Å². The molecule has 2 aromatic rings. The van der Waals surface area contributed by atoms with Crippen LogP contribution in [0.15, 0.2) is 47.5 Å². The van der Waals surface area contributed by atoms with Crippen LogP contribution in [0, 0.1) is 0 Å². The highest BCUT2D eigenvalue weighted by atomic mass is 35.5. The maximum atomic E-state index is 12.4. The first-order valence-corrected chi connectivity index (χ1v) is 8.13. The summed E-state index contributed by atoms with van der Waals surface area (Å²) < 4.78 is 0.267. The van der Waals surface area contributed by atoms with Gasteiger partial charge in [-0.05, 0) is 48.6 Å². The SMILES string of the molecule is O=C(NN1C(=O)/C(=C/c2ccc[nH]2)SC1=S)c1cccc(Cl)c1. The molecule has 1 aliphatic rings. The van der Waals surface area contributed by atoms with Gasteiger partial charge in [-0.15, -0.1) is 0 Å². The van der Waals surface area contributed by atoms with Gasteiger partial charge in [-0.3, -0.25) is 15.0 Å². The van der Waals surface area contributed by atoms with Gasteiger partial charge in [0.2, 0.25) is 0 Å². The molecule has 1 aromatic carbocycles. The Morgan fingerprint density at radius 2 is 2.17 bits per heavy atom. The summed E-state index contributed by atoms with van der Waals surface area (Å²) in [5.41, 5.74) is 3.64. The average Bonchev–Trinajstić information content (AvgIpc) is 3.12. The Bertz CT molecular complexity index is 818. The number of rotatable bonds is 3. The van der Waals surface area contributed by atoms with Gasteiger partial charge >= 0.3 is 0 Å². The van der Waals surface area contributed by atoms with E-state index in [0.29, 0.717) is 15.5 Å². The number of carbonyl (C=O) groups is 2. The summed E-state index contributed by atoms with van der Waals surface area (Å²) in [6.45, 7) is 0. The van der Waals surface area contributed by atoms with Crippen LogP contribution in [0.3, 0.4) is 0 Å². The first-order chi connectivity index (χ1) is 11.0. The van der Waals surface area contributed by atoms with Crippen LogP contribution in [-0.4, -0.2) is 26.1 Å². The maximum absolute atomic E-state index is 12.4. The number of hydrogen-bond acceptors (Lipinski definition) is 4. The van der Waals surface area contributed by atoms with Crippen molar-refractivity contribution in [3.63, 3.8) is 0 Å². The summed E-state index contributed by atoms with van der Waals surface area (Å²) in [5.74, 6) is -0.824. The van der Waals surface area contributed by atoms with Crippen molar-refractivity contribution in [2.24, 2.45) is 0 Å². The monoisotopic (exact) mass is 363 g/mol. The second-order valence-electron chi connectivity index (χ2n) is 4.59. The lowest BCUT2D eigenvalue weighted by molar-refractivity contribution is -0.123. The van der Waals surface area contributed by atoms with Crippen LogP contribution in [0.1, 0.15) is 16.1 Å². The Kier molecular flexibility index (Phi) is 4.51. The third-order valence-electron chi connectivity index (χ3n) is 3.00. The van der Waals surface area contributed by atoms with Gasteiger partial charge in [-0.1, -0.05) is 29.4 Å². The lowest BCUT2D eigenvalue weighted by Crippen LogP contribution is -2.44. The van der Waals surface area contributed by atoms with E-state index in [1.165, 1.54) is 6.07 Å². The molecular weight excluding hydrogens is 354 g/mol. The van der Waals surface area contributed by atoms with Crippen molar-refractivity contribution in [3.8, 4) is 0 Å². The second kappa shape index (κ2) is 6.57. The van der Waals surface area contributed by atoms with E-state index in [1.54, 1.807) is 30.5 Å². The van der Waals surface area contributed by atoms with E-state index in [-0.39, 0.29) is 10.2 Å². The van der Waals surface area contributed by atoms with Crippen molar-refractivity contribution >= 4 is 57.8 Å². The molecule has 0 saturated carbocycles. The van der Waals surface area contributed by atoms with E-state index in [0.717, 1.165) is 22.5 Å². The number of aromatic nitrogens is 1. The van der Waals surface area contributed by atoms with Crippen LogP contribution >= 0.6 is 35.6 Å². The fraction of sp³-hybridized carbons (Fsp3) is 0. The summed E-state index contributed by atoms with van der Waals surface area (Å²) >= 11 is 12.2. The number of hydrogen-bond donors (Lipinski definition) is 2. The molecule has 8 heteroatoms. The predicted octanol–water partition coefficient (Wildman–Crippen LogP) is 3.21. The molecule has 2 heterocycles. The molecular formula is C15H10ClN3O2S2. The molecule has 3 rings (SSSR count). The summed E-state index contributed by atoms with van der Waals surface area (Å²) in [5, 5.41) is 1.51. The molecule has 0 radical (unpaired) electrons. The Morgan fingerprint density at radius 3 is 2.87 bits per heavy atom. The molecule has 0 unspecified atom stereocenters. The van der Waals surface area contributed by atoms with Crippen LogP contribution in [0.5, 0.6) is 0 Å².